The molecule has 0 amide bonds. The molecule has 2 aromatic rings. The van der Waals surface area contributed by atoms with Gasteiger partial charge in [0, 0.05) is 45.7 Å². The largest absolute Gasteiger partial charge is 0.355 e. The second-order valence-electron chi connectivity index (χ2n) is 6.65. The van der Waals surface area contributed by atoms with Crippen LogP contribution in [0.25, 0.3) is 0 Å². The van der Waals surface area contributed by atoms with Gasteiger partial charge in [0.15, 0.2) is 5.79 Å². The first-order chi connectivity index (χ1) is 12.2. The van der Waals surface area contributed by atoms with Crippen LogP contribution >= 0.6 is 0 Å². The maximum absolute atomic E-state index is 5.80. The second-order valence-corrected chi connectivity index (χ2v) is 6.65. The van der Waals surface area contributed by atoms with E-state index in [-0.39, 0.29) is 5.79 Å². The standard InChI is InChI=1S/C19H24N4O2/c1-22(15-16-5-3-2-4-6-16)17-7-10-20-18(21-17)23-11-8-19(9-12-23)24-13-14-25-19/h2-7,10H,8-9,11-15H2,1H3. The zero-order chi connectivity index (χ0) is 17.1. The molecule has 132 valence electrons. The monoisotopic (exact) mass is 340 g/mol. The molecule has 2 aliphatic heterocycles. The van der Waals surface area contributed by atoms with Gasteiger partial charge in [0.2, 0.25) is 5.95 Å². The molecule has 0 aliphatic carbocycles. The highest BCUT2D eigenvalue weighted by Gasteiger charge is 2.40. The lowest BCUT2D eigenvalue weighted by atomic mass is 10.0. The van der Waals surface area contributed by atoms with E-state index >= 15 is 0 Å². The van der Waals surface area contributed by atoms with Crippen LogP contribution in [0.2, 0.25) is 0 Å². The molecule has 6 heteroatoms. The third kappa shape index (κ3) is 3.60. The van der Waals surface area contributed by atoms with E-state index in [0.717, 1.165) is 44.2 Å². The Labute approximate surface area is 148 Å². The predicted molar refractivity (Wildman–Crippen MR) is 96.7 cm³/mol. The second kappa shape index (κ2) is 6.98. The third-order valence-corrected chi connectivity index (χ3v) is 4.90. The van der Waals surface area contributed by atoms with E-state index in [9.17, 15) is 0 Å². The number of rotatable bonds is 4. The Morgan fingerprint density at radius 1 is 1.08 bits per heavy atom. The molecule has 2 aliphatic rings. The number of hydrogen-bond acceptors (Lipinski definition) is 6. The Morgan fingerprint density at radius 3 is 2.52 bits per heavy atom. The van der Waals surface area contributed by atoms with Crippen molar-refractivity contribution in [2.75, 3.05) is 43.2 Å². The van der Waals surface area contributed by atoms with E-state index in [1.807, 2.05) is 18.3 Å². The molecule has 2 fully saturated rings. The normalized spacial score (nSPS) is 19.3. The Morgan fingerprint density at radius 2 is 1.80 bits per heavy atom. The molecule has 0 bridgehead atoms. The summed E-state index contributed by atoms with van der Waals surface area (Å²) >= 11 is 0. The summed E-state index contributed by atoms with van der Waals surface area (Å²) in [5, 5.41) is 0. The van der Waals surface area contributed by atoms with E-state index < -0.39 is 0 Å². The molecule has 25 heavy (non-hydrogen) atoms. The van der Waals surface area contributed by atoms with E-state index in [4.69, 9.17) is 14.5 Å². The quantitative estimate of drug-likeness (QED) is 0.852. The summed E-state index contributed by atoms with van der Waals surface area (Å²) in [4.78, 5) is 13.6. The van der Waals surface area contributed by atoms with Crippen molar-refractivity contribution >= 4 is 11.8 Å². The highest BCUT2D eigenvalue weighted by molar-refractivity contribution is 5.44. The van der Waals surface area contributed by atoms with Crippen molar-refractivity contribution in [3.05, 3.63) is 48.2 Å². The van der Waals surface area contributed by atoms with Gasteiger partial charge in [-0.2, -0.15) is 4.98 Å². The van der Waals surface area contributed by atoms with Crippen molar-refractivity contribution in [2.24, 2.45) is 0 Å². The van der Waals surface area contributed by atoms with E-state index in [1.54, 1.807) is 0 Å². The molecule has 6 nitrogen and oxygen atoms in total. The summed E-state index contributed by atoms with van der Waals surface area (Å²) in [7, 11) is 2.06. The van der Waals surface area contributed by atoms with Crippen LogP contribution in [0.4, 0.5) is 11.8 Å². The zero-order valence-corrected chi connectivity index (χ0v) is 14.6. The van der Waals surface area contributed by atoms with Gasteiger partial charge < -0.3 is 19.3 Å². The number of aromatic nitrogens is 2. The number of anilines is 2. The van der Waals surface area contributed by atoms with Crippen molar-refractivity contribution < 1.29 is 9.47 Å². The van der Waals surface area contributed by atoms with Crippen molar-refractivity contribution in [3.63, 3.8) is 0 Å². The Bertz CT molecular complexity index is 694. The van der Waals surface area contributed by atoms with Crippen LogP contribution < -0.4 is 9.80 Å². The van der Waals surface area contributed by atoms with Gasteiger partial charge >= 0.3 is 0 Å². The molecule has 3 heterocycles. The molecule has 4 rings (SSSR count). The first kappa shape index (κ1) is 16.3. The van der Waals surface area contributed by atoms with Crippen LogP contribution in [-0.4, -0.2) is 49.1 Å². The van der Waals surface area contributed by atoms with Crippen LogP contribution in [0.5, 0.6) is 0 Å². The van der Waals surface area contributed by atoms with Crippen LogP contribution in [0.15, 0.2) is 42.6 Å². The van der Waals surface area contributed by atoms with Crippen molar-refractivity contribution in [1.29, 1.82) is 0 Å². The zero-order valence-electron chi connectivity index (χ0n) is 14.6. The molecule has 0 atom stereocenters. The number of hydrogen-bond donors (Lipinski definition) is 0. The van der Waals surface area contributed by atoms with Gasteiger partial charge in [-0.1, -0.05) is 30.3 Å². The SMILES string of the molecule is CN(Cc1ccccc1)c1ccnc(N2CCC3(CC2)OCCO3)n1. The number of benzene rings is 1. The average molecular weight is 340 g/mol. The summed E-state index contributed by atoms with van der Waals surface area (Å²) < 4.78 is 11.6. The lowest BCUT2D eigenvalue weighted by Gasteiger charge is -2.37. The fourth-order valence-electron chi connectivity index (χ4n) is 3.48. The minimum atomic E-state index is -0.363. The summed E-state index contributed by atoms with van der Waals surface area (Å²) in [6.07, 6.45) is 3.56. The number of piperidine rings is 1. The Balaban J connectivity index is 1.43. The lowest BCUT2D eigenvalue weighted by molar-refractivity contribution is -0.169. The van der Waals surface area contributed by atoms with Crippen LogP contribution in [-0.2, 0) is 16.0 Å². The Hall–Kier alpha value is -2.18. The molecule has 1 aromatic heterocycles. The lowest BCUT2D eigenvalue weighted by Crippen LogP contribution is -2.45. The average Bonchev–Trinajstić information content (AvgIpc) is 3.11. The summed E-state index contributed by atoms with van der Waals surface area (Å²) in [5.41, 5.74) is 1.26. The maximum atomic E-state index is 5.80. The van der Waals surface area contributed by atoms with Crippen molar-refractivity contribution in [1.82, 2.24) is 9.97 Å². The molecule has 0 N–H and O–H groups in total. The van der Waals surface area contributed by atoms with Crippen LogP contribution in [0.1, 0.15) is 18.4 Å². The van der Waals surface area contributed by atoms with E-state index in [2.05, 4.69) is 46.1 Å². The summed E-state index contributed by atoms with van der Waals surface area (Å²) in [6, 6.07) is 12.4. The number of nitrogens with zero attached hydrogens (tertiary/aromatic N) is 4. The topological polar surface area (TPSA) is 50.7 Å². The van der Waals surface area contributed by atoms with Crippen LogP contribution in [0.3, 0.4) is 0 Å². The molecule has 0 unspecified atom stereocenters. The fourth-order valence-corrected chi connectivity index (χ4v) is 3.48. The van der Waals surface area contributed by atoms with Gasteiger partial charge in [-0.3, -0.25) is 0 Å². The Kier molecular flexibility index (Phi) is 4.55. The highest BCUT2D eigenvalue weighted by Crippen LogP contribution is 2.32. The molecule has 1 spiro atoms. The van der Waals surface area contributed by atoms with Gasteiger partial charge in [-0.15, -0.1) is 0 Å². The molecule has 2 saturated heterocycles. The minimum Gasteiger partial charge on any atom is -0.355 e. The van der Waals surface area contributed by atoms with Crippen molar-refractivity contribution in [2.45, 2.75) is 25.2 Å². The van der Waals surface area contributed by atoms with Gasteiger partial charge in [0.1, 0.15) is 5.82 Å². The smallest absolute Gasteiger partial charge is 0.227 e. The van der Waals surface area contributed by atoms with Gasteiger partial charge in [0.05, 0.1) is 13.2 Å². The molecule has 0 saturated carbocycles. The summed E-state index contributed by atoms with van der Waals surface area (Å²) in [5.74, 6) is 1.35. The third-order valence-electron chi connectivity index (χ3n) is 4.90. The van der Waals surface area contributed by atoms with Crippen molar-refractivity contribution in [3.8, 4) is 0 Å². The fraction of sp³-hybridized carbons (Fsp3) is 0.474. The number of ether oxygens (including phenoxy) is 2. The molecular weight excluding hydrogens is 316 g/mol. The van der Waals surface area contributed by atoms with Crippen LogP contribution in [0, 0.1) is 0 Å². The van der Waals surface area contributed by atoms with E-state index in [0.29, 0.717) is 13.2 Å². The van der Waals surface area contributed by atoms with Gasteiger partial charge in [-0.25, -0.2) is 4.98 Å². The first-order valence-corrected chi connectivity index (χ1v) is 8.85. The maximum Gasteiger partial charge on any atom is 0.227 e. The van der Waals surface area contributed by atoms with Gasteiger partial charge in [-0.05, 0) is 11.6 Å². The predicted octanol–water partition coefficient (Wildman–Crippen LogP) is 2.46. The highest BCUT2D eigenvalue weighted by atomic mass is 16.7. The van der Waals surface area contributed by atoms with E-state index in [1.165, 1.54) is 5.56 Å². The first-order valence-electron chi connectivity index (χ1n) is 8.85. The molecular formula is C19H24N4O2. The van der Waals surface area contributed by atoms with Gasteiger partial charge in [0.25, 0.3) is 0 Å². The summed E-state index contributed by atoms with van der Waals surface area (Å²) in [6.45, 7) is 3.94. The molecule has 1 aromatic carbocycles. The molecule has 0 radical (unpaired) electrons. The minimum absolute atomic E-state index is 0.363.